The van der Waals surface area contributed by atoms with Gasteiger partial charge in [-0.1, -0.05) is 5.10 Å². The molecule has 1 aromatic heterocycles. The van der Waals surface area contributed by atoms with E-state index in [9.17, 15) is 4.79 Å². The highest BCUT2D eigenvalue weighted by molar-refractivity contribution is 5.93. The molecule has 3 aliphatic rings. The zero-order chi connectivity index (χ0) is 13.5. The number of tetrazole rings is 1. The van der Waals surface area contributed by atoms with Gasteiger partial charge in [0.1, 0.15) is 0 Å². The number of carbonyl (C=O) groups excluding carboxylic acids is 1. The smallest absolute Gasteiger partial charge is 0.249 e. The molecule has 1 aromatic rings. The van der Waals surface area contributed by atoms with Gasteiger partial charge in [0.15, 0.2) is 0 Å². The van der Waals surface area contributed by atoms with Crippen LogP contribution in [0.5, 0.6) is 0 Å². The Morgan fingerprint density at radius 1 is 1.25 bits per heavy atom. The van der Waals surface area contributed by atoms with E-state index >= 15 is 0 Å². The zero-order valence-corrected chi connectivity index (χ0v) is 11.4. The molecule has 7 nitrogen and oxygen atoms in total. The summed E-state index contributed by atoms with van der Waals surface area (Å²) >= 11 is 0. The number of ether oxygens (including phenoxy) is 1. The summed E-state index contributed by atoms with van der Waals surface area (Å²) in [4.78, 5) is 12.3. The van der Waals surface area contributed by atoms with Crippen LogP contribution >= 0.6 is 0 Å². The lowest BCUT2D eigenvalue weighted by Gasteiger charge is -2.21. The Kier molecular flexibility index (Phi) is 2.94. The summed E-state index contributed by atoms with van der Waals surface area (Å²) in [6.45, 7) is 1.69. The van der Waals surface area contributed by atoms with Gasteiger partial charge in [-0.05, 0) is 54.4 Å². The van der Waals surface area contributed by atoms with Gasteiger partial charge in [0.25, 0.3) is 0 Å². The van der Waals surface area contributed by atoms with Crippen LogP contribution in [-0.4, -0.2) is 39.3 Å². The maximum Gasteiger partial charge on any atom is 0.249 e. The molecule has 0 bridgehead atoms. The van der Waals surface area contributed by atoms with Gasteiger partial charge < -0.3 is 4.74 Å². The number of carbonyl (C=O) groups is 1. The van der Waals surface area contributed by atoms with Gasteiger partial charge in [0.2, 0.25) is 11.9 Å². The highest BCUT2D eigenvalue weighted by Crippen LogP contribution is 2.48. The maximum absolute atomic E-state index is 12.3. The van der Waals surface area contributed by atoms with Crippen LogP contribution < -0.4 is 5.32 Å². The van der Waals surface area contributed by atoms with Gasteiger partial charge in [-0.25, -0.2) is 4.68 Å². The summed E-state index contributed by atoms with van der Waals surface area (Å²) < 4.78 is 7.12. The van der Waals surface area contributed by atoms with E-state index in [-0.39, 0.29) is 11.8 Å². The lowest BCUT2D eigenvalue weighted by Crippen LogP contribution is -2.22. The standard InChI is InChI=1S/C13H19N5O2/c19-12(11-7-10(11)8-3-5-20-6-4-8)14-13-15-16-17-18(13)9-1-2-9/h8-11H,1-7H2,(H,14,15,17,19)/t10-,11+/m0/s1. The van der Waals surface area contributed by atoms with Crippen molar-refractivity contribution in [1.82, 2.24) is 20.2 Å². The van der Waals surface area contributed by atoms with Gasteiger partial charge >= 0.3 is 0 Å². The molecule has 0 unspecified atom stereocenters. The lowest BCUT2D eigenvalue weighted by molar-refractivity contribution is -0.118. The van der Waals surface area contributed by atoms with Crippen LogP contribution in [0.1, 0.15) is 38.1 Å². The molecule has 3 fully saturated rings. The first-order chi connectivity index (χ1) is 9.83. The van der Waals surface area contributed by atoms with E-state index in [0.29, 0.717) is 23.8 Å². The molecule has 1 N–H and O–H groups in total. The number of nitrogens with one attached hydrogen (secondary N) is 1. The van der Waals surface area contributed by atoms with Crippen LogP contribution in [0.25, 0.3) is 0 Å². The van der Waals surface area contributed by atoms with Crippen LogP contribution in [0.2, 0.25) is 0 Å². The molecule has 2 atom stereocenters. The first-order valence-corrected chi connectivity index (χ1v) is 7.49. The van der Waals surface area contributed by atoms with Crippen LogP contribution in [0.4, 0.5) is 5.95 Å². The van der Waals surface area contributed by atoms with Crippen LogP contribution in [0.3, 0.4) is 0 Å². The third kappa shape index (κ3) is 2.30. The summed E-state index contributed by atoms with van der Waals surface area (Å²) in [7, 11) is 0. The number of anilines is 1. The fourth-order valence-electron chi connectivity index (χ4n) is 3.22. The van der Waals surface area contributed by atoms with Gasteiger partial charge in [-0.15, -0.1) is 0 Å². The minimum Gasteiger partial charge on any atom is -0.381 e. The molecule has 0 radical (unpaired) electrons. The molecule has 0 spiro atoms. The molecule has 1 amide bonds. The van der Waals surface area contributed by atoms with Crippen molar-refractivity contribution in [2.75, 3.05) is 18.5 Å². The summed E-state index contributed by atoms with van der Waals surface area (Å²) in [6.07, 6.45) is 5.38. The molecule has 2 heterocycles. The first-order valence-electron chi connectivity index (χ1n) is 7.49. The molecule has 4 rings (SSSR count). The average Bonchev–Trinajstić information content (AvgIpc) is 3.39. The predicted octanol–water partition coefficient (Wildman–Crippen LogP) is 1.01. The molecule has 108 valence electrons. The molecule has 7 heteroatoms. The third-order valence-corrected chi connectivity index (χ3v) is 4.67. The van der Waals surface area contributed by atoms with Crippen molar-refractivity contribution >= 4 is 11.9 Å². The van der Waals surface area contributed by atoms with Crippen LogP contribution in [0.15, 0.2) is 0 Å². The Hall–Kier alpha value is -1.50. The molecule has 2 saturated carbocycles. The Balaban J connectivity index is 1.35. The number of amides is 1. The number of nitrogens with zero attached hydrogens (tertiary/aromatic N) is 4. The van der Waals surface area contributed by atoms with E-state index in [1.807, 2.05) is 0 Å². The highest BCUT2D eigenvalue weighted by atomic mass is 16.5. The second kappa shape index (κ2) is 4.80. The number of hydrogen-bond donors (Lipinski definition) is 1. The average molecular weight is 277 g/mol. The normalized spacial score (nSPS) is 30.2. The molecule has 1 saturated heterocycles. The van der Waals surface area contributed by atoms with Gasteiger partial charge in [0.05, 0.1) is 6.04 Å². The van der Waals surface area contributed by atoms with Crippen molar-refractivity contribution in [3.05, 3.63) is 0 Å². The highest BCUT2D eigenvalue weighted by Gasteiger charge is 2.48. The van der Waals surface area contributed by atoms with Gasteiger partial charge in [0, 0.05) is 19.1 Å². The zero-order valence-electron chi connectivity index (χ0n) is 11.4. The van der Waals surface area contributed by atoms with E-state index in [1.54, 1.807) is 4.68 Å². The Labute approximate surface area is 117 Å². The molecular weight excluding hydrogens is 258 g/mol. The lowest BCUT2D eigenvalue weighted by atomic mass is 9.93. The summed E-state index contributed by atoms with van der Waals surface area (Å²) in [5.41, 5.74) is 0. The minimum atomic E-state index is 0.0817. The van der Waals surface area contributed by atoms with Crippen LogP contribution in [-0.2, 0) is 9.53 Å². The van der Waals surface area contributed by atoms with Crippen molar-refractivity contribution in [3.8, 4) is 0 Å². The predicted molar refractivity (Wildman–Crippen MR) is 69.9 cm³/mol. The molecular formula is C13H19N5O2. The second-order valence-electron chi connectivity index (χ2n) is 6.12. The Morgan fingerprint density at radius 2 is 2.05 bits per heavy atom. The number of hydrogen-bond acceptors (Lipinski definition) is 5. The van der Waals surface area contributed by atoms with Crippen molar-refractivity contribution < 1.29 is 9.53 Å². The monoisotopic (exact) mass is 277 g/mol. The third-order valence-electron chi connectivity index (χ3n) is 4.67. The summed E-state index contributed by atoms with van der Waals surface area (Å²) in [5.74, 6) is 1.92. The first kappa shape index (κ1) is 12.3. The quantitative estimate of drug-likeness (QED) is 0.888. The van der Waals surface area contributed by atoms with Crippen molar-refractivity contribution in [1.29, 1.82) is 0 Å². The summed E-state index contributed by atoms with van der Waals surface area (Å²) in [5, 5.41) is 14.4. The van der Waals surface area contributed by atoms with Crippen LogP contribution in [0, 0.1) is 17.8 Å². The molecule has 2 aliphatic carbocycles. The number of aromatic nitrogens is 4. The maximum atomic E-state index is 12.3. The second-order valence-corrected chi connectivity index (χ2v) is 6.12. The minimum absolute atomic E-state index is 0.0817. The Morgan fingerprint density at radius 3 is 2.80 bits per heavy atom. The molecule has 20 heavy (non-hydrogen) atoms. The van der Waals surface area contributed by atoms with Gasteiger partial charge in [-0.2, -0.15) is 0 Å². The van der Waals surface area contributed by atoms with E-state index in [2.05, 4.69) is 20.8 Å². The Bertz CT molecular complexity index is 507. The van der Waals surface area contributed by atoms with E-state index in [1.165, 1.54) is 0 Å². The fraction of sp³-hybridized carbons (Fsp3) is 0.846. The van der Waals surface area contributed by atoms with Crippen molar-refractivity contribution in [3.63, 3.8) is 0 Å². The van der Waals surface area contributed by atoms with Gasteiger partial charge in [-0.3, -0.25) is 10.1 Å². The molecule has 0 aromatic carbocycles. The molecule has 1 aliphatic heterocycles. The largest absolute Gasteiger partial charge is 0.381 e. The van der Waals surface area contributed by atoms with Crippen molar-refractivity contribution in [2.24, 2.45) is 17.8 Å². The number of rotatable bonds is 4. The SMILES string of the molecule is O=C(Nc1nnnn1C1CC1)[C@@H]1C[C@H]1C1CCOCC1. The van der Waals surface area contributed by atoms with E-state index in [0.717, 1.165) is 45.3 Å². The topological polar surface area (TPSA) is 81.9 Å². The van der Waals surface area contributed by atoms with Crippen molar-refractivity contribution in [2.45, 2.75) is 38.1 Å². The summed E-state index contributed by atoms with van der Waals surface area (Å²) in [6, 6.07) is 0.380. The van der Waals surface area contributed by atoms with E-state index < -0.39 is 0 Å². The van der Waals surface area contributed by atoms with E-state index in [4.69, 9.17) is 4.74 Å². The fourth-order valence-corrected chi connectivity index (χ4v) is 3.22.